The molecule has 1 atom stereocenters. The lowest BCUT2D eigenvalue weighted by atomic mass is 10.0. The van der Waals surface area contributed by atoms with Crippen molar-refractivity contribution >= 4 is 50.7 Å². The molecule has 0 spiro atoms. The predicted molar refractivity (Wildman–Crippen MR) is 153 cm³/mol. The zero-order valence-electron chi connectivity index (χ0n) is 21.5. The summed E-state index contributed by atoms with van der Waals surface area (Å²) in [7, 11) is -3.86. The first-order valence-electron chi connectivity index (χ1n) is 12.1. The lowest BCUT2D eigenvalue weighted by Crippen LogP contribution is -2.54. The minimum Gasteiger partial charge on any atom is -0.352 e. The van der Waals surface area contributed by atoms with Gasteiger partial charge in [0.25, 0.3) is 0 Å². The van der Waals surface area contributed by atoms with E-state index < -0.39 is 28.5 Å². The molecule has 0 radical (unpaired) electrons. The van der Waals surface area contributed by atoms with Crippen molar-refractivity contribution in [1.82, 2.24) is 10.2 Å². The Balaban J connectivity index is 2.05. The molecular formula is C28H31Cl2N3O4S. The van der Waals surface area contributed by atoms with E-state index in [1.807, 2.05) is 44.2 Å². The summed E-state index contributed by atoms with van der Waals surface area (Å²) in [5.74, 6) is -0.870. The van der Waals surface area contributed by atoms with Gasteiger partial charge in [-0.05, 0) is 55.3 Å². The molecule has 0 aromatic heterocycles. The number of nitrogens with zero attached hydrogens (tertiary/aromatic N) is 2. The van der Waals surface area contributed by atoms with Crippen molar-refractivity contribution in [1.29, 1.82) is 0 Å². The highest BCUT2D eigenvalue weighted by Crippen LogP contribution is 2.23. The number of hydrogen-bond acceptors (Lipinski definition) is 4. The van der Waals surface area contributed by atoms with Crippen LogP contribution in [-0.4, -0.2) is 50.0 Å². The number of rotatable bonds is 11. The molecule has 0 unspecified atom stereocenters. The van der Waals surface area contributed by atoms with Gasteiger partial charge >= 0.3 is 0 Å². The number of nitrogens with one attached hydrogen (secondary N) is 1. The predicted octanol–water partition coefficient (Wildman–Crippen LogP) is 4.92. The van der Waals surface area contributed by atoms with Crippen LogP contribution >= 0.6 is 23.2 Å². The number of anilines is 1. The van der Waals surface area contributed by atoms with Gasteiger partial charge in [0.2, 0.25) is 21.8 Å². The lowest BCUT2D eigenvalue weighted by Gasteiger charge is -2.34. The second kappa shape index (κ2) is 13.1. The van der Waals surface area contributed by atoms with Crippen molar-refractivity contribution in [3.63, 3.8) is 0 Å². The standard InChI is InChI=1S/C28H31Cl2N3O4S/c1-20(2)31-28(35)26(16-21-8-5-4-6-9-21)32(18-22-12-14-23(29)15-13-22)27(34)19-33(38(3,36)37)25-11-7-10-24(30)17-25/h4-15,17,20,26H,16,18-19H2,1-3H3,(H,31,35)/t26-/m0/s1. The summed E-state index contributed by atoms with van der Waals surface area (Å²) in [6.07, 6.45) is 1.27. The molecule has 3 aromatic rings. The third-order valence-electron chi connectivity index (χ3n) is 5.74. The average molecular weight is 577 g/mol. The first kappa shape index (κ1) is 29.5. The van der Waals surface area contributed by atoms with Gasteiger partial charge in [0.15, 0.2) is 0 Å². The third kappa shape index (κ3) is 8.48. The molecular weight excluding hydrogens is 545 g/mol. The van der Waals surface area contributed by atoms with E-state index in [2.05, 4.69) is 5.32 Å². The summed E-state index contributed by atoms with van der Waals surface area (Å²) in [5, 5.41) is 3.78. The van der Waals surface area contributed by atoms with Gasteiger partial charge in [-0.3, -0.25) is 13.9 Å². The Labute approximate surface area is 234 Å². The number of benzene rings is 3. The van der Waals surface area contributed by atoms with Crippen molar-refractivity contribution in [3.8, 4) is 0 Å². The van der Waals surface area contributed by atoms with E-state index in [0.717, 1.165) is 21.7 Å². The number of sulfonamides is 1. The molecule has 3 aromatic carbocycles. The third-order valence-corrected chi connectivity index (χ3v) is 7.37. The average Bonchev–Trinajstić information content (AvgIpc) is 2.85. The normalized spacial score (nSPS) is 12.2. The second-order valence-electron chi connectivity index (χ2n) is 9.27. The smallest absolute Gasteiger partial charge is 0.244 e. The van der Waals surface area contributed by atoms with E-state index in [9.17, 15) is 18.0 Å². The quantitative estimate of drug-likeness (QED) is 0.351. The van der Waals surface area contributed by atoms with Crippen molar-refractivity contribution in [2.24, 2.45) is 0 Å². The number of amides is 2. The zero-order chi connectivity index (χ0) is 27.9. The van der Waals surface area contributed by atoms with E-state index >= 15 is 0 Å². The highest BCUT2D eigenvalue weighted by atomic mass is 35.5. The Kier molecular flexibility index (Phi) is 10.2. The monoisotopic (exact) mass is 575 g/mol. The fraction of sp³-hybridized carbons (Fsp3) is 0.286. The molecule has 2 amide bonds. The Morgan fingerprint density at radius 2 is 1.53 bits per heavy atom. The van der Waals surface area contributed by atoms with Gasteiger partial charge < -0.3 is 10.2 Å². The van der Waals surface area contributed by atoms with Crippen LogP contribution in [0.15, 0.2) is 78.9 Å². The van der Waals surface area contributed by atoms with E-state index in [1.54, 1.807) is 42.5 Å². The Bertz CT molecular complexity index is 1350. The Hall–Kier alpha value is -3.07. The molecule has 10 heteroatoms. The van der Waals surface area contributed by atoms with Gasteiger partial charge in [-0.1, -0.05) is 71.7 Å². The number of carbonyl (C=O) groups is 2. The van der Waals surface area contributed by atoms with Gasteiger partial charge in [0, 0.05) is 29.1 Å². The molecule has 0 saturated carbocycles. The highest BCUT2D eigenvalue weighted by molar-refractivity contribution is 7.92. The maximum Gasteiger partial charge on any atom is 0.244 e. The summed E-state index contributed by atoms with van der Waals surface area (Å²) in [6, 6.07) is 21.5. The van der Waals surface area contributed by atoms with Crippen LogP contribution in [0.2, 0.25) is 10.0 Å². The fourth-order valence-electron chi connectivity index (χ4n) is 3.97. The number of halogens is 2. The first-order valence-corrected chi connectivity index (χ1v) is 14.7. The first-order chi connectivity index (χ1) is 17.9. The largest absolute Gasteiger partial charge is 0.352 e. The molecule has 3 rings (SSSR count). The van der Waals surface area contributed by atoms with Gasteiger partial charge in [0.1, 0.15) is 12.6 Å². The summed E-state index contributed by atoms with van der Waals surface area (Å²) in [5.41, 5.74) is 1.86. The van der Waals surface area contributed by atoms with Crippen LogP contribution in [0, 0.1) is 0 Å². The van der Waals surface area contributed by atoms with Crippen LogP contribution in [0.25, 0.3) is 0 Å². The Morgan fingerprint density at radius 3 is 2.11 bits per heavy atom. The van der Waals surface area contributed by atoms with E-state index in [1.165, 1.54) is 11.0 Å². The maximum atomic E-state index is 13.9. The van der Waals surface area contributed by atoms with Crippen LogP contribution in [0.3, 0.4) is 0 Å². The summed E-state index contributed by atoms with van der Waals surface area (Å²) < 4.78 is 26.5. The van der Waals surface area contributed by atoms with Crippen molar-refractivity contribution in [2.75, 3.05) is 17.1 Å². The summed E-state index contributed by atoms with van der Waals surface area (Å²) >= 11 is 12.2. The van der Waals surface area contributed by atoms with Crippen molar-refractivity contribution < 1.29 is 18.0 Å². The number of hydrogen-bond donors (Lipinski definition) is 1. The van der Waals surface area contributed by atoms with Crippen LogP contribution in [0.4, 0.5) is 5.69 Å². The van der Waals surface area contributed by atoms with Gasteiger partial charge in [-0.15, -0.1) is 0 Å². The SMILES string of the molecule is CC(C)NC(=O)[C@H](Cc1ccccc1)N(Cc1ccc(Cl)cc1)C(=O)CN(c1cccc(Cl)c1)S(C)(=O)=O. The molecule has 202 valence electrons. The van der Waals surface area contributed by atoms with Gasteiger partial charge in [-0.25, -0.2) is 8.42 Å². The van der Waals surface area contributed by atoms with Crippen molar-refractivity contribution in [2.45, 2.75) is 38.9 Å². The topological polar surface area (TPSA) is 86.8 Å². The summed E-state index contributed by atoms with van der Waals surface area (Å²) in [4.78, 5) is 28.8. The van der Waals surface area contributed by atoms with E-state index in [4.69, 9.17) is 23.2 Å². The maximum absolute atomic E-state index is 13.9. The molecule has 1 N–H and O–H groups in total. The van der Waals surface area contributed by atoms with Gasteiger partial charge in [-0.2, -0.15) is 0 Å². The molecule has 7 nitrogen and oxygen atoms in total. The number of carbonyl (C=O) groups excluding carboxylic acids is 2. The molecule has 0 fully saturated rings. The highest BCUT2D eigenvalue weighted by Gasteiger charge is 2.33. The van der Waals surface area contributed by atoms with Crippen LogP contribution in [0.1, 0.15) is 25.0 Å². The van der Waals surface area contributed by atoms with Crippen LogP contribution < -0.4 is 9.62 Å². The molecule has 0 saturated heterocycles. The van der Waals surface area contributed by atoms with E-state index in [-0.39, 0.29) is 30.6 Å². The zero-order valence-corrected chi connectivity index (χ0v) is 23.8. The van der Waals surface area contributed by atoms with Gasteiger partial charge in [0.05, 0.1) is 11.9 Å². The molecule has 38 heavy (non-hydrogen) atoms. The fourth-order valence-corrected chi connectivity index (χ4v) is 5.12. The Morgan fingerprint density at radius 1 is 0.868 bits per heavy atom. The van der Waals surface area contributed by atoms with Crippen LogP contribution in [0.5, 0.6) is 0 Å². The molecule has 0 aliphatic heterocycles. The summed E-state index contributed by atoms with van der Waals surface area (Å²) in [6.45, 7) is 3.25. The molecule has 0 aliphatic carbocycles. The minimum absolute atomic E-state index is 0.0756. The molecule has 0 bridgehead atoms. The van der Waals surface area contributed by atoms with Crippen LogP contribution in [-0.2, 0) is 32.6 Å². The van der Waals surface area contributed by atoms with Crippen molar-refractivity contribution in [3.05, 3.63) is 100 Å². The molecule has 0 aliphatic rings. The minimum atomic E-state index is -3.86. The lowest BCUT2D eigenvalue weighted by molar-refractivity contribution is -0.140. The van der Waals surface area contributed by atoms with E-state index in [0.29, 0.717) is 10.0 Å². The second-order valence-corrected chi connectivity index (χ2v) is 12.0. The molecule has 0 heterocycles.